The number of hydrogen-bond acceptors (Lipinski definition) is 8. The molecule has 1 unspecified atom stereocenters. The van der Waals surface area contributed by atoms with Crippen molar-refractivity contribution < 1.29 is 14.3 Å². The van der Waals surface area contributed by atoms with Gasteiger partial charge in [-0.2, -0.15) is 0 Å². The number of rotatable bonds is 12. The van der Waals surface area contributed by atoms with Gasteiger partial charge in [0.2, 0.25) is 0 Å². The summed E-state index contributed by atoms with van der Waals surface area (Å²) >= 11 is 0. The summed E-state index contributed by atoms with van der Waals surface area (Å²) in [7, 11) is 4.92. The Hall–Kier alpha value is -3.72. The molecule has 0 aliphatic carbocycles. The maximum Gasteiger partial charge on any atom is 0.251 e. The van der Waals surface area contributed by atoms with Crippen molar-refractivity contribution in [2.45, 2.75) is 32.7 Å². The van der Waals surface area contributed by atoms with E-state index in [1.54, 1.807) is 39.9 Å². The molecule has 0 saturated heterocycles. The second kappa shape index (κ2) is 12.8. The van der Waals surface area contributed by atoms with E-state index in [9.17, 15) is 4.79 Å². The van der Waals surface area contributed by atoms with Crippen LogP contribution in [0.2, 0.25) is 0 Å². The average molecular weight is 493 g/mol. The second-order valence-corrected chi connectivity index (χ2v) is 8.90. The SMILES string of the molecule is CNC(=O)c1ccc(C(C)[C@H](C)CNc2cc(-c3ccc(N[C@@H](C)COC)nc3)ncn2)c(OC)c1. The van der Waals surface area contributed by atoms with Crippen LogP contribution >= 0.6 is 0 Å². The fraction of sp³-hybridized carbons (Fsp3) is 0.407. The van der Waals surface area contributed by atoms with Crippen molar-refractivity contribution in [1.82, 2.24) is 20.3 Å². The molecule has 0 aliphatic heterocycles. The van der Waals surface area contributed by atoms with E-state index < -0.39 is 0 Å². The highest BCUT2D eigenvalue weighted by molar-refractivity contribution is 5.94. The van der Waals surface area contributed by atoms with Crippen LogP contribution < -0.4 is 20.7 Å². The molecule has 1 amide bonds. The summed E-state index contributed by atoms with van der Waals surface area (Å²) < 4.78 is 10.7. The molecule has 3 rings (SSSR count). The summed E-state index contributed by atoms with van der Waals surface area (Å²) in [6, 6.07) is 11.6. The van der Waals surface area contributed by atoms with Crippen LogP contribution in [-0.2, 0) is 4.74 Å². The van der Waals surface area contributed by atoms with Gasteiger partial charge >= 0.3 is 0 Å². The van der Waals surface area contributed by atoms with E-state index in [0.717, 1.165) is 28.5 Å². The highest BCUT2D eigenvalue weighted by atomic mass is 16.5. The predicted molar refractivity (Wildman–Crippen MR) is 143 cm³/mol. The number of aromatic nitrogens is 3. The van der Waals surface area contributed by atoms with E-state index >= 15 is 0 Å². The van der Waals surface area contributed by atoms with Gasteiger partial charge in [0.05, 0.1) is 19.4 Å². The predicted octanol–water partition coefficient (Wildman–Crippen LogP) is 4.21. The Morgan fingerprint density at radius 1 is 1.00 bits per heavy atom. The lowest BCUT2D eigenvalue weighted by atomic mass is 9.87. The van der Waals surface area contributed by atoms with Crippen LogP contribution in [0.4, 0.5) is 11.6 Å². The minimum atomic E-state index is -0.136. The largest absolute Gasteiger partial charge is 0.496 e. The molecule has 0 fully saturated rings. The van der Waals surface area contributed by atoms with Gasteiger partial charge in [-0.3, -0.25) is 4.79 Å². The fourth-order valence-corrected chi connectivity index (χ4v) is 3.91. The molecule has 192 valence electrons. The van der Waals surface area contributed by atoms with Crippen LogP contribution in [0, 0.1) is 5.92 Å². The number of carbonyl (C=O) groups excluding carboxylic acids is 1. The quantitative estimate of drug-likeness (QED) is 0.345. The van der Waals surface area contributed by atoms with Crippen molar-refractivity contribution in [3.8, 4) is 17.0 Å². The lowest BCUT2D eigenvalue weighted by Gasteiger charge is -2.23. The van der Waals surface area contributed by atoms with E-state index in [0.29, 0.717) is 24.5 Å². The minimum Gasteiger partial charge on any atom is -0.496 e. The van der Waals surface area contributed by atoms with E-state index in [2.05, 4.69) is 44.7 Å². The number of anilines is 2. The molecule has 2 heterocycles. The fourth-order valence-electron chi connectivity index (χ4n) is 3.91. The zero-order valence-corrected chi connectivity index (χ0v) is 21.8. The summed E-state index contributed by atoms with van der Waals surface area (Å²) in [4.78, 5) is 25.3. The molecule has 3 aromatic rings. The van der Waals surface area contributed by atoms with Crippen LogP contribution in [0.3, 0.4) is 0 Å². The molecule has 9 nitrogen and oxygen atoms in total. The van der Waals surface area contributed by atoms with Gasteiger partial charge < -0.3 is 25.4 Å². The number of pyridine rings is 1. The molecule has 3 N–H and O–H groups in total. The maximum atomic E-state index is 12.0. The Labute approximate surface area is 213 Å². The first-order valence-corrected chi connectivity index (χ1v) is 12.0. The number of ether oxygens (including phenoxy) is 2. The first-order valence-electron chi connectivity index (χ1n) is 12.0. The lowest BCUT2D eigenvalue weighted by molar-refractivity contribution is 0.0962. The van der Waals surface area contributed by atoms with Crippen LogP contribution in [0.25, 0.3) is 11.3 Å². The van der Waals surface area contributed by atoms with Crippen LogP contribution in [0.1, 0.15) is 42.6 Å². The van der Waals surface area contributed by atoms with Crippen molar-refractivity contribution in [1.29, 1.82) is 0 Å². The molecule has 2 aromatic heterocycles. The van der Waals surface area contributed by atoms with Gasteiger partial charge in [0.25, 0.3) is 5.91 Å². The Balaban J connectivity index is 1.64. The van der Waals surface area contributed by atoms with Crippen LogP contribution in [0.5, 0.6) is 5.75 Å². The monoisotopic (exact) mass is 492 g/mol. The maximum absolute atomic E-state index is 12.0. The number of amides is 1. The van der Waals surface area contributed by atoms with Gasteiger partial charge in [-0.1, -0.05) is 19.9 Å². The third-order valence-corrected chi connectivity index (χ3v) is 6.21. The van der Waals surface area contributed by atoms with E-state index in [1.165, 1.54) is 0 Å². The second-order valence-electron chi connectivity index (χ2n) is 8.90. The van der Waals surface area contributed by atoms with Gasteiger partial charge in [-0.15, -0.1) is 0 Å². The summed E-state index contributed by atoms with van der Waals surface area (Å²) in [6.07, 6.45) is 3.35. The number of benzene rings is 1. The molecule has 3 atom stereocenters. The molecule has 0 saturated carbocycles. The topological polar surface area (TPSA) is 110 Å². The molecule has 9 heteroatoms. The standard InChI is InChI=1S/C27H36N6O3/c1-17(19(3)22-9-7-20(27(34)28-4)11-24(22)36-6)13-29-26-12-23(31-16-32-26)21-8-10-25(30-14-21)33-18(2)15-35-5/h7-12,14,16-19H,13,15H2,1-6H3,(H,28,34)(H,30,33)(H,29,31,32)/t17-,18+,19?/m1/s1. The molecule has 0 radical (unpaired) electrons. The van der Waals surface area contributed by atoms with Gasteiger partial charge in [0.1, 0.15) is 23.7 Å². The Kier molecular flexibility index (Phi) is 9.58. The summed E-state index contributed by atoms with van der Waals surface area (Å²) in [5.74, 6) is 2.57. The van der Waals surface area contributed by atoms with E-state index in [-0.39, 0.29) is 23.8 Å². The molecule has 0 spiro atoms. The molecule has 0 aliphatic rings. The number of methoxy groups -OCH3 is 2. The average Bonchev–Trinajstić information content (AvgIpc) is 2.91. The van der Waals surface area contributed by atoms with E-state index in [4.69, 9.17) is 9.47 Å². The highest BCUT2D eigenvalue weighted by Crippen LogP contribution is 2.33. The third-order valence-electron chi connectivity index (χ3n) is 6.21. The Bertz CT molecular complexity index is 1140. The van der Waals surface area contributed by atoms with Crippen LogP contribution in [0.15, 0.2) is 48.9 Å². The molecule has 1 aromatic carbocycles. The smallest absolute Gasteiger partial charge is 0.251 e. The molecule has 0 bridgehead atoms. The number of nitrogens with one attached hydrogen (secondary N) is 3. The van der Waals surface area contributed by atoms with Gasteiger partial charge in [0, 0.05) is 50.1 Å². The van der Waals surface area contributed by atoms with E-state index in [1.807, 2.05) is 37.3 Å². The number of nitrogens with zero attached hydrogens (tertiary/aromatic N) is 3. The van der Waals surface area contributed by atoms with Crippen molar-refractivity contribution in [3.63, 3.8) is 0 Å². The third kappa shape index (κ3) is 6.91. The molecular formula is C27H36N6O3. The van der Waals surface area contributed by atoms with Gasteiger partial charge in [-0.25, -0.2) is 15.0 Å². The highest BCUT2D eigenvalue weighted by Gasteiger charge is 2.20. The zero-order chi connectivity index (χ0) is 26.1. The zero-order valence-electron chi connectivity index (χ0n) is 21.8. The van der Waals surface area contributed by atoms with Gasteiger partial charge in [0.15, 0.2) is 0 Å². The summed E-state index contributed by atoms with van der Waals surface area (Å²) in [5.41, 5.74) is 3.34. The summed E-state index contributed by atoms with van der Waals surface area (Å²) in [5, 5.41) is 9.37. The van der Waals surface area contributed by atoms with Crippen molar-refractivity contribution >= 4 is 17.5 Å². The van der Waals surface area contributed by atoms with Gasteiger partial charge in [-0.05, 0) is 48.6 Å². The van der Waals surface area contributed by atoms with Crippen molar-refractivity contribution in [2.75, 3.05) is 45.1 Å². The first kappa shape index (κ1) is 26.9. The summed E-state index contributed by atoms with van der Waals surface area (Å²) in [6.45, 7) is 7.68. The lowest BCUT2D eigenvalue weighted by Crippen LogP contribution is -2.21. The van der Waals surface area contributed by atoms with Crippen molar-refractivity contribution in [2.24, 2.45) is 5.92 Å². The minimum absolute atomic E-state index is 0.136. The Morgan fingerprint density at radius 3 is 2.47 bits per heavy atom. The normalized spacial score (nSPS) is 13.4. The first-order chi connectivity index (χ1) is 17.4. The van der Waals surface area contributed by atoms with Crippen molar-refractivity contribution in [3.05, 3.63) is 60.0 Å². The molecule has 36 heavy (non-hydrogen) atoms. The number of hydrogen-bond donors (Lipinski definition) is 3. The Morgan fingerprint density at radius 2 is 1.81 bits per heavy atom. The number of carbonyl (C=O) groups is 1. The van der Waals surface area contributed by atoms with Crippen LogP contribution in [-0.4, -0.2) is 61.3 Å². The molecular weight excluding hydrogens is 456 g/mol.